The average Bonchev–Trinajstić information content (AvgIpc) is 2.70. The molecule has 0 atom stereocenters. The van der Waals surface area contributed by atoms with Gasteiger partial charge in [0.2, 0.25) is 0 Å². The Kier molecular flexibility index (Phi) is 9.12. The molecule has 0 saturated heterocycles. The highest BCUT2D eigenvalue weighted by Crippen LogP contribution is 2.18. The first-order valence-electron chi connectivity index (χ1n) is 11.1. The van der Waals surface area contributed by atoms with Gasteiger partial charge in [0.1, 0.15) is 23.6 Å². The van der Waals surface area contributed by atoms with Gasteiger partial charge < -0.3 is 14.2 Å². The number of carbonyl (C=O) groups is 3. The Bertz CT molecular complexity index is 1030. The predicted octanol–water partition coefficient (Wildman–Crippen LogP) is 5.95. The van der Waals surface area contributed by atoms with E-state index in [1.807, 2.05) is 30.3 Å². The molecular weight excluding hydrogens is 434 g/mol. The second-order valence-electron chi connectivity index (χ2n) is 9.82. The van der Waals surface area contributed by atoms with Crippen molar-refractivity contribution in [3.63, 3.8) is 0 Å². The monoisotopic (exact) mass is 467 g/mol. The average molecular weight is 468 g/mol. The van der Waals surface area contributed by atoms with E-state index in [9.17, 15) is 14.4 Å². The molecule has 7 heteroatoms. The molecule has 1 amide bonds. The van der Waals surface area contributed by atoms with Gasteiger partial charge in [0.05, 0.1) is 12.8 Å². The van der Waals surface area contributed by atoms with Gasteiger partial charge in [-0.05, 0) is 59.2 Å². The summed E-state index contributed by atoms with van der Waals surface area (Å²) in [6.07, 6.45) is -1.40. The fourth-order valence-corrected chi connectivity index (χ4v) is 2.89. The van der Waals surface area contributed by atoms with Gasteiger partial charge in [-0.15, -0.1) is 0 Å². The van der Waals surface area contributed by atoms with E-state index < -0.39 is 23.3 Å². The third-order valence-electron chi connectivity index (χ3n) is 4.18. The fraction of sp³-hybridized carbons (Fsp3) is 0.407. The molecule has 2 aromatic rings. The fourth-order valence-electron chi connectivity index (χ4n) is 2.89. The van der Waals surface area contributed by atoms with Crippen molar-refractivity contribution in [1.82, 2.24) is 0 Å². The number of benzene rings is 2. The highest BCUT2D eigenvalue weighted by molar-refractivity contribution is 6.15. The Balaban J connectivity index is 2.15. The van der Waals surface area contributed by atoms with Crippen LogP contribution in [0.5, 0.6) is 5.75 Å². The summed E-state index contributed by atoms with van der Waals surface area (Å²) < 4.78 is 16.3. The van der Waals surface area contributed by atoms with E-state index in [1.165, 1.54) is 0 Å². The molecule has 0 bridgehead atoms. The second-order valence-corrected chi connectivity index (χ2v) is 9.82. The van der Waals surface area contributed by atoms with Crippen LogP contribution in [0.15, 0.2) is 59.6 Å². The Morgan fingerprint density at radius 2 is 1.44 bits per heavy atom. The number of Topliss-reactive ketones (excluding diaryl/α,β-unsaturated/α-hetero) is 1. The van der Waals surface area contributed by atoms with Crippen molar-refractivity contribution in [2.45, 2.75) is 72.2 Å². The maximum absolute atomic E-state index is 13.0. The number of rotatable bonds is 8. The molecule has 0 saturated carbocycles. The van der Waals surface area contributed by atoms with Crippen molar-refractivity contribution in [3.8, 4) is 5.75 Å². The van der Waals surface area contributed by atoms with Crippen LogP contribution in [0.2, 0.25) is 0 Å². The summed E-state index contributed by atoms with van der Waals surface area (Å²) >= 11 is 0. The van der Waals surface area contributed by atoms with Crippen molar-refractivity contribution in [2.75, 3.05) is 0 Å². The largest absolute Gasteiger partial charge is 0.489 e. The lowest BCUT2D eigenvalue weighted by molar-refractivity contribution is -0.153. The van der Waals surface area contributed by atoms with Crippen molar-refractivity contribution >= 4 is 23.6 Å². The van der Waals surface area contributed by atoms with Crippen LogP contribution in [-0.4, -0.2) is 34.8 Å². The zero-order valence-corrected chi connectivity index (χ0v) is 20.7. The third-order valence-corrected chi connectivity index (χ3v) is 4.18. The number of hydrogen-bond donors (Lipinski definition) is 0. The molecule has 2 rings (SSSR count). The molecule has 182 valence electrons. The van der Waals surface area contributed by atoms with Gasteiger partial charge >= 0.3 is 12.1 Å². The van der Waals surface area contributed by atoms with Gasteiger partial charge in [-0.25, -0.2) is 4.79 Å². The van der Waals surface area contributed by atoms with E-state index in [0.29, 0.717) is 17.9 Å². The van der Waals surface area contributed by atoms with Crippen LogP contribution < -0.4 is 4.74 Å². The molecule has 0 N–H and O–H groups in total. The van der Waals surface area contributed by atoms with Crippen LogP contribution in [0.1, 0.15) is 70.3 Å². The molecule has 7 nitrogen and oxygen atoms in total. The number of ether oxygens (including phenoxy) is 3. The Hall–Kier alpha value is -3.48. The van der Waals surface area contributed by atoms with Crippen LogP contribution in [0.3, 0.4) is 0 Å². The standard InChI is InChI=1S/C27H33NO6/c1-26(2,3)33-24(30)17-21(28-25(31)34-27(4,5)6)16-23(29)20-13-10-14-22(15-20)32-18-19-11-8-7-9-12-19/h7-15H,16-18H2,1-6H3. The zero-order valence-electron chi connectivity index (χ0n) is 20.7. The van der Waals surface area contributed by atoms with Gasteiger partial charge in [0, 0.05) is 11.3 Å². The quantitative estimate of drug-likeness (QED) is 0.271. The van der Waals surface area contributed by atoms with E-state index in [-0.39, 0.29) is 24.3 Å². The second kappa shape index (κ2) is 11.6. The molecule has 0 aromatic heterocycles. The van der Waals surface area contributed by atoms with Crippen LogP contribution in [-0.2, 0) is 20.9 Å². The summed E-state index contributed by atoms with van der Waals surface area (Å²) in [5.41, 5.74) is -0.00619. The maximum atomic E-state index is 13.0. The van der Waals surface area contributed by atoms with E-state index in [2.05, 4.69) is 4.99 Å². The molecule has 0 aliphatic heterocycles. The highest BCUT2D eigenvalue weighted by Gasteiger charge is 2.22. The minimum absolute atomic E-state index is 0.0732. The summed E-state index contributed by atoms with van der Waals surface area (Å²) in [6.45, 7) is 10.7. The van der Waals surface area contributed by atoms with Crippen molar-refractivity contribution < 1.29 is 28.6 Å². The lowest BCUT2D eigenvalue weighted by Gasteiger charge is -2.20. The first-order chi connectivity index (χ1) is 15.8. The number of ketones is 1. The number of carbonyl (C=O) groups excluding carboxylic acids is 3. The molecule has 0 fully saturated rings. The van der Waals surface area contributed by atoms with Crippen LogP contribution in [0.4, 0.5) is 4.79 Å². The Morgan fingerprint density at radius 3 is 2.06 bits per heavy atom. The maximum Gasteiger partial charge on any atom is 0.434 e. The van der Waals surface area contributed by atoms with Crippen LogP contribution >= 0.6 is 0 Å². The lowest BCUT2D eigenvalue weighted by Crippen LogP contribution is -2.27. The summed E-state index contributed by atoms with van der Waals surface area (Å²) in [5, 5.41) is 0. The number of aliphatic imine (C=N–C) groups is 1. The molecule has 0 spiro atoms. The predicted molar refractivity (Wildman–Crippen MR) is 130 cm³/mol. The molecule has 34 heavy (non-hydrogen) atoms. The Morgan fingerprint density at radius 1 is 0.794 bits per heavy atom. The van der Waals surface area contributed by atoms with Crippen LogP contribution in [0.25, 0.3) is 0 Å². The summed E-state index contributed by atoms with van der Waals surface area (Å²) in [6, 6.07) is 16.4. The van der Waals surface area contributed by atoms with Crippen molar-refractivity contribution in [2.24, 2.45) is 4.99 Å². The van der Waals surface area contributed by atoms with Crippen molar-refractivity contribution in [3.05, 3.63) is 65.7 Å². The third kappa shape index (κ3) is 10.4. The number of amides is 1. The first kappa shape index (κ1) is 26.8. The van der Waals surface area contributed by atoms with Crippen LogP contribution in [0, 0.1) is 0 Å². The van der Waals surface area contributed by atoms with E-state index in [4.69, 9.17) is 14.2 Å². The van der Waals surface area contributed by atoms with E-state index >= 15 is 0 Å². The minimum Gasteiger partial charge on any atom is -0.489 e. The molecule has 0 unspecified atom stereocenters. The van der Waals surface area contributed by atoms with Gasteiger partial charge in [0.25, 0.3) is 0 Å². The smallest absolute Gasteiger partial charge is 0.434 e. The van der Waals surface area contributed by atoms with Gasteiger partial charge in [-0.1, -0.05) is 42.5 Å². The summed E-state index contributed by atoms with van der Waals surface area (Å²) in [4.78, 5) is 41.4. The molecular formula is C27H33NO6. The number of esters is 1. The minimum atomic E-state index is -0.862. The molecule has 0 aliphatic carbocycles. The highest BCUT2D eigenvalue weighted by atomic mass is 16.6. The van der Waals surface area contributed by atoms with Gasteiger partial charge in [-0.2, -0.15) is 4.99 Å². The number of nitrogens with zero attached hydrogens (tertiary/aromatic N) is 1. The number of hydrogen-bond acceptors (Lipinski definition) is 6. The zero-order chi connectivity index (χ0) is 25.4. The lowest BCUT2D eigenvalue weighted by atomic mass is 10.0. The van der Waals surface area contributed by atoms with Gasteiger partial charge in [0.15, 0.2) is 5.78 Å². The van der Waals surface area contributed by atoms with Gasteiger partial charge in [-0.3, -0.25) is 9.59 Å². The molecule has 0 aliphatic rings. The Labute approximate surface area is 201 Å². The topological polar surface area (TPSA) is 91.3 Å². The normalized spacial score (nSPS) is 12.1. The molecule has 0 heterocycles. The SMILES string of the molecule is CC(C)(C)OC(=O)CC(CC(=O)c1cccc(OCc2ccccc2)c1)=NC(=O)OC(C)(C)C. The van der Waals surface area contributed by atoms with E-state index in [1.54, 1.807) is 65.8 Å². The summed E-state index contributed by atoms with van der Waals surface area (Å²) in [7, 11) is 0. The van der Waals surface area contributed by atoms with E-state index in [0.717, 1.165) is 5.56 Å². The first-order valence-corrected chi connectivity index (χ1v) is 11.1. The molecule has 0 radical (unpaired) electrons. The summed E-state index contributed by atoms with van der Waals surface area (Å²) in [5.74, 6) is -0.356. The van der Waals surface area contributed by atoms with Crippen molar-refractivity contribution in [1.29, 1.82) is 0 Å². The molecule has 2 aromatic carbocycles.